The minimum atomic E-state index is 0.0870. The van der Waals surface area contributed by atoms with Gasteiger partial charge in [-0.15, -0.1) is 0 Å². The maximum Gasteiger partial charge on any atom is 0.259 e. The van der Waals surface area contributed by atoms with Gasteiger partial charge >= 0.3 is 0 Å². The van der Waals surface area contributed by atoms with E-state index in [9.17, 15) is 4.79 Å². The molecule has 0 saturated heterocycles. The van der Waals surface area contributed by atoms with Crippen molar-refractivity contribution >= 4 is 22.7 Å². The SMILES string of the molecule is CC(C)/C1=C(\C(C)C)c2ccccc2N(C(C)C)C(=O)c2ccccc21. The van der Waals surface area contributed by atoms with Crippen molar-refractivity contribution in [3.8, 4) is 0 Å². The Bertz CT molecular complexity index is 858. The summed E-state index contributed by atoms with van der Waals surface area (Å²) in [6, 6.07) is 16.5. The Balaban J connectivity index is 2.50. The highest BCUT2D eigenvalue weighted by Gasteiger charge is 2.31. The van der Waals surface area contributed by atoms with Crippen molar-refractivity contribution in [2.75, 3.05) is 4.90 Å². The van der Waals surface area contributed by atoms with Crippen LogP contribution in [-0.2, 0) is 0 Å². The van der Waals surface area contributed by atoms with Gasteiger partial charge in [-0.2, -0.15) is 0 Å². The Kier molecular flexibility index (Phi) is 5.04. The molecular formula is C24H29NO. The zero-order chi connectivity index (χ0) is 19.0. The molecule has 3 rings (SSSR count). The molecule has 2 nitrogen and oxygen atoms in total. The van der Waals surface area contributed by atoms with Crippen LogP contribution < -0.4 is 4.90 Å². The van der Waals surface area contributed by atoms with Crippen LogP contribution in [0.25, 0.3) is 11.1 Å². The molecule has 1 heterocycles. The second-order valence-electron chi connectivity index (χ2n) is 7.97. The maximum absolute atomic E-state index is 13.5. The smallest absolute Gasteiger partial charge is 0.259 e. The van der Waals surface area contributed by atoms with Crippen LogP contribution in [0.1, 0.15) is 63.0 Å². The first-order valence-electron chi connectivity index (χ1n) is 9.61. The molecule has 0 saturated carbocycles. The number of fused-ring (bicyclic) bond motifs is 2. The highest BCUT2D eigenvalue weighted by atomic mass is 16.2. The van der Waals surface area contributed by atoms with E-state index in [0.29, 0.717) is 11.8 Å². The Morgan fingerprint density at radius 2 is 1.12 bits per heavy atom. The quantitative estimate of drug-likeness (QED) is 0.640. The molecule has 0 atom stereocenters. The molecule has 1 aliphatic heterocycles. The van der Waals surface area contributed by atoms with Crippen LogP contribution in [0.15, 0.2) is 48.5 Å². The zero-order valence-corrected chi connectivity index (χ0v) is 16.7. The molecule has 0 N–H and O–H groups in total. The predicted molar refractivity (Wildman–Crippen MR) is 111 cm³/mol. The van der Waals surface area contributed by atoms with Crippen LogP contribution in [0, 0.1) is 11.8 Å². The Labute approximate surface area is 157 Å². The Hall–Kier alpha value is -2.35. The summed E-state index contributed by atoms with van der Waals surface area (Å²) in [5.74, 6) is 0.785. The monoisotopic (exact) mass is 347 g/mol. The fraction of sp³-hybridized carbons (Fsp3) is 0.375. The molecular weight excluding hydrogens is 318 g/mol. The molecule has 1 aliphatic rings. The number of rotatable bonds is 3. The van der Waals surface area contributed by atoms with Crippen molar-refractivity contribution < 1.29 is 4.79 Å². The van der Waals surface area contributed by atoms with E-state index >= 15 is 0 Å². The van der Waals surface area contributed by atoms with Crippen LogP contribution in [0.2, 0.25) is 0 Å². The fourth-order valence-corrected chi connectivity index (χ4v) is 4.10. The standard InChI is InChI=1S/C24H29NO/c1-15(2)22-18-11-7-8-12-19(18)24(26)25(17(5)6)21-14-10-9-13-20(21)23(22)16(3)4/h7-17H,1-6H3/b23-22-. The first-order valence-corrected chi connectivity index (χ1v) is 9.61. The molecule has 0 aliphatic carbocycles. The molecule has 0 fully saturated rings. The van der Waals surface area contributed by atoms with Crippen molar-refractivity contribution in [3.05, 3.63) is 65.2 Å². The lowest BCUT2D eigenvalue weighted by Crippen LogP contribution is -2.39. The van der Waals surface area contributed by atoms with E-state index in [1.807, 2.05) is 29.2 Å². The van der Waals surface area contributed by atoms with Gasteiger partial charge in [0, 0.05) is 17.2 Å². The lowest BCUT2D eigenvalue weighted by molar-refractivity contribution is 0.0980. The second kappa shape index (κ2) is 7.11. The first kappa shape index (κ1) is 18.4. The van der Waals surface area contributed by atoms with Crippen LogP contribution >= 0.6 is 0 Å². The van der Waals surface area contributed by atoms with Crippen molar-refractivity contribution in [1.82, 2.24) is 0 Å². The van der Waals surface area contributed by atoms with Crippen molar-refractivity contribution in [2.45, 2.75) is 47.6 Å². The zero-order valence-electron chi connectivity index (χ0n) is 16.7. The van der Waals surface area contributed by atoms with E-state index in [4.69, 9.17) is 0 Å². The third-order valence-electron chi connectivity index (χ3n) is 5.08. The summed E-state index contributed by atoms with van der Waals surface area (Å²) in [4.78, 5) is 15.5. The van der Waals surface area contributed by atoms with Crippen LogP contribution in [0.3, 0.4) is 0 Å². The van der Waals surface area contributed by atoms with Gasteiger partial charge in [0.1, 0.15) is 0 Å². The third-order valence-corrected chi connectivity index (χ3v) is 5.08. The van der Waals surface area contributed by atoms with E-state index in [1.54, 1.807) is 0 Å². The van der Waals surface area contributed by atoms with E-state index in [0.717, 1.165) is 16.8 Å². The predicted octanol–water partition coefficient (Wildman–Crippen LogP) is 6.28. The first-order chi connectivity index (χ1) is 12.3. The number of para-hydroxylation sites is 1. The third kappa shape index (κ3) is 2.98. The highest BCUT2D eigenvalue weighted by Crippen LogP contribution is 2.44. The summed E-state index contributed by atoms with van der Waals surface area (Å²) in [5.41, 5.74) is 6.72. The maximum atomic E-state index is 13.5. The Morgan fingerprint density at radius 1 is 0.654 bits per heavy atom. The van der Waals surface area contributed by atoms with Gasteiger partial charge < -0.3 is 4.90 Å². The van der Waals surface area contributed by atoms with Crippen molar-refractivity contribution in [1.29, 1.82) is 0 Å². The minimum absolute atomic E-state index is 0.0870. The summed E-state index contributed by atoms with van der Waals surface area (Å²) in [6.45, 7) is 13.1. The molecule has 0 unspecified atom stereocenters. The number of nitrogens with zero attached hydrogens (tertiary/aromatic N) is 1. The van der Waals surface area contributed by atoms with Gasteiger partial charge in [0.15, 0.2) is 0 Å². The summed E-state index contributed by atoms with van der Waals surface area (Å²) in [5, 5.41) is 0. The summed E-state index contributed by atoms with van der Waals surface area (Å²) in [7, 11) is 0. The molecule has 26 heavy (non-hydrogen) atoms. The van der Waals surface area contributed by atoms with E-state index in [1.165, 1.54) is 16.7 Å². The van der Waals surface area contributed by atoms with Gasteiger partial charge in [0.05, 0.1) is 5.69 Å². The number of carbonyl (C=O) groups is 1. The molecule has 2 aromatic carbocycles. The number of hydrogen-bond acceptors (Lipinski definition) is 1. The lowest BCUT2D eigenvalue weighted by Gasteiger charge is -2.35. The molecule has 0 aromatic heterocycles. The molecule has 2 heteroatoms. The van der Waals surface area contributed by atoms with Crippen LogP contribution in [0.4, 0.5) is 5.69 Å². The number of benzene rings is 2. The average molecular weight is 348 g/mol. The molecule has 136 valence electrons. The van der Waals surface area contributed by atoms with Crippen LogP contribution in [0.5, 0.6) is 0 Å². The molecule has 0 bridgehead atoms. The molecule has 2 aromatic rings. The van der Waals surface area contributed by atoms with Gasteiger partial charge in [-0.3, -0.25) is 4.79 Å². The van der Waals surface area contributed by atoms with Gasteiger partial charge in [-0.05, 0) is 54.5 Å². The van der Waals surface area contributed by atoms with Gasteiger partial charge in [-0.25, -0.2) is 0 Å². The summed E-state index contributed by atoms with van der Waals surface area (Å²) in [6.07, 6.45) is 0. The van der Waals surface area contributed by atoms with E-state index < -0.39 is 0 Å². The van der Waals surface area contributed by atoms with Gasteiger partial charge in [0.25, 0.3) is 5.91 Å². The number of anilines is 1. The van der Waals surface area contributed by atoms with E-state index in [2.05, 4.69) is 65.8 Å². The molecule has 0 spiro atoms. The van der Waals surface area contributed by atoms with Crippen molar-refractivity contribution in [2.24, 2.45) is 11.8 Å². The Morgan fingerprint density at radius 3 is 1.65 bits per heavy atom. The number of amides is 1. The summed E-state index contributed by atoms with van der Waals surface area (Å²) < 4.78 is 0. The topological polar surface area (TPSA) is 20.3 Å². The number of hydrogen-bond donors (Lipinski definition) is 0. The number of allylic oxidation sites excluding steroid dienone is 2. The number of carbonyl (C=O) groups excluding carboxylic acids is 1. The fourth-order valence-electron chi connectivity index (χ4n) is 4.10. The highest BCUT2D eigenvalue weighted by molar-refractivity contribution is 6.14. The normalized spacial score (nSPS) is 17.4. The van der Waals surface area contributed by atoms with Crippen molar-refractivity contribution in [3.63, 3.8) is 0 Å². The largest absolute Gasteiger partial charge is 0.305 e. The van der Waals surface area contributed by atoms with E-state index in [-0.39, 0.29) is 11.9 Å². The minimum Gasteiger partial charge on any atom is -0.305 e. The molecule has 1 amide bonds. The van der Waals surface area contributed by atoms with Gasteiger partial charge in [0.2, 0.25) is 0 Å². The average Bonchev–Trinajstić information content (AvgIpc) is 2.58. The lowest BCUT2D eigenvalue weighted by atomic mass is 9.79. The van der Waals surface area contributed by atoms with Gasteiger partial charge in [-0.1, -0.05) is 64.1 Å². The summed E-state index contributed by atoms with van der Waals surface area (Å²) >= 11 is 0. The molecule has 0 radical (unpaired) electrons. The van der Waals surface area contributed by atoms with Crippen LogP contribution in [-0.4, -0.2) is 11.9 Å². The second-order valence-corrected chi connectivity index (χ2v) is 7.97.